The molecule has 2 aromatic rings. The summed E-state index contributed by atoms with van der Waals surface area (Å²) >= 11 is 0. The van der Waals surface area contributed by atoms with E-state index < -0.39 is 6.61 Å². The molecular weight excluding hydrogens is 517 g/mol. The zero-order chi connectivity index (χ0) is 21.3. The number of hydrogen-bond donors (Lipinski definition) is 1. The van der Waals surface area contributed by atoms with Gasteiger partial charge >= 0.3 is 6.61 Å². The Balaban J connectivity index is 0.00000341. The van der Waals surface area contributed by atoms with E-state index in [4.69, 9.17) is 4.74 Å². The maximum atomic E-state index is 12.6. The number of guanidine groups is 1. The first-order valence-corrected chi connectivity index (χ1v) is 9.98. The van der Waals surface area contributed by atoms with Crippen molar-refractivity contribution in [2.75, 3.05) is 51.8 Å². The molecule has 1 aliphatic rings. The van der Waals surface area contributed by atoms with Gasteiger partial charge in [-0.2, -0.15) is 8.78 Å². The zero-order valence-electron chi connectivity index (χ0n) is 17.8. The Morgan fingerprint density at radius 1 is 1.06 bits per heavy atom. The van der Waals surface area contributed by atoms with Gasteiger partial charge in [-0.05, 0) is 36.2 Å². The van der Waals surface area contributed by atoms with E-state index in [1.54, 1.807) is 19.2 Å². The number of alkyl halides is 2. The van der Waals surface area contributed by atoms with Gasteiger partial charge in [0.15, 0.2) is 17.5 Å². The molecule has 0 radical (unpaired) electrons. The number of para-hydroxylation sites is 1. The SMILES string of the molecule is CN=C(NCCc1ccc(OC)c(OC(F)F)c1)N1CCN(c2ccccc2)CC1.I. The smallest absolute Gasteiger partial charge is 0.387 e. The average Bonchev–Trinajstić information content (AvgIpc) is 2.77. The molecule has 0 spiro atoms. The van der Waals surface area contributed by atoms with Crippen LogP contribution >= 0.6 is 24.0 Å². The predicted molar refractivity (Wildman–Crippen MR) is 130 cm³/mol. The van der Waals surface area contributed by atoms with Crippen LogP contribution in [0.15, 0.2) is 53.5 Å². The number of benzene rings is 2. The minimum Gasteiger partial charge on any atom is -0.493 e. The summed E-state index contributed by atoms with van der Waals surface area (Å²) in [6, 6.07) is 15.5. The van der Waals surface area contributed by atoms with Crippen molar-refractivity contribution in [2.24, 2.45) is 4.99 Å². The van der Waals surface area contributed by atoms with Gasteiger partial charge in [-0.25, -0.2) is 0 Å². The highest BCUT2D eigenvalue weighted by molar-refractivity contribution is 14.0. The van der Waals surface area contributed by atoms with E-state index in [9.17, 15) is 8.78 Å². The van der Waals surface area contributed by atoms with E-state index in [-0.39, 0.29) is 29.7 Å². The molecule has 1 saturated heterocycles. The van der Waals surface area contributed by atoms with Crippen molar-refractivity contribution in [1.29, 1.82) is 0 Å². The van der Waals surface area contributed by atoms with Gasteiger partial charge in [0.1, 0.15) is 0 Å². The molecule has 1 fully saturated rings. The van der Waals surface area contributed by atoms with Crippen LogP contribution in [0, 0.1) is 0 Å². The summed E-state index contributed by atoms with van der Waals surface area (Å²) in [5.41, 5.74) is 2.12. The lowest BCUT2D eigenvalue weighted by Crippen LogP contribution is -2.52. The molecule has 0 aliphatic carbocycles. The van der Waals surface area contributed by atoms with Crippen molar-refractivity contribution < 1.29 is 18.3 Å². The minimum atomic E-state index is -2.89. The maximum absolute atomic E-state index is 12.6. The third kappa shape index (κ3) is 7.12. The fraction of sp³-hybridized carbons (Fsp3) is 0.409. The highest BCUT2D eigenvalue weighted by atomic mass is 127. The number of piperazine rings is 1. The van der Waals surface area contributed by atoms with Crippen molar-refractivity contribution in [2.45, 2.75) is 13.0 Å². The molecule has 1 heterocycles. The Labute approximate surface area is 199 Å². The summed E-state index contributed by atoms with van der Waals surface area (Å²) in [6.07, 6.45) is 0.645. The second-order valence-electron chi connectivity index (χ2n) is 6.90. The summed E-state index contributed by atoms with van der Waals surface area (Å²) in [7, 11) is 3.20. The van der Waals surface area contributed by atoms with Crippen molar-refractivity contribution >= 4 is 35.6 Å². The predicted octanol–water partition coefficient (Wildman–Crippen LogP) is 3.85. The van der Waals surface area contributed by atoms with E-state index in [0.717, 1.165) is 37.7 Å². The Kier molecular flexibility index (Phi) is 10.1. The van der Waals surface area contributed by atoms with Crippen LogP contribution in [0.2, 0.25) is 0 Å². The van der Waals surface area contributed by atoms with Crippen molar-refractivity contribution in [3.8, 4) is 11.5 Å². The number of anilines is 1. The Morgan fingerprint density at radius 2 is 1.77 bits per heavy atom. The van der Waals surface area contributed by atoms with E-state index >= 15 is 0 Å². The number of methoxy groups -OCH3 is 1. The largest absolute Gasteiger partial charge is 0.493 e. The van der Waals surface area contributed by atoms with Crippen molar-refractivity contribution in [3.05, 3.63) is 54.1 Å². The van der Waals surface area contributed by atoms with E-state index in [0.29, 0.717) is 18.7 Å². The van der Waals surface area contributed by atoms with Crippen LogP contribution in [-0.2, 0) is 6.42 Å². The highest BCUT2D eigenvalue weighted by Crippen LogP contribution is 2.29. The second kappa shape index (κ2) is 12.5. The van der Waals surface area contributed by atoms with Gasteiger partial charge in [0.2, 0.25) is 0 Å². The van der Waals surface area contributed by atoms with Crippen molar-refractivity contribution in [3.63, 3.8) is 0 Å². The van der Waals surface area contributed by atoms with Gasteiger partial charge in [-0.3, -0.25) is 4.99 Å². The average molecular weight is 546 g/mol. The number of hydrogen-bond acceptors (Lipinski definition) is 4. The molecule has 0 saturated carbocycles. The van der Waals surface area contributed by atoms with E-state index in [1.807, 2.05) is 12.1 Å². The summed E-state index contributed by atoms with van der Waals surface area (Å²) in [5.74, 6) is 1.19. The molecule has 0 aromatic heterocycles. The Hall–Kier alpha value is -2.30. The van der Waals surface area contributed by atoms with Gasteiger partial charge in [-0.1, -0.05) is 24.3 Å². The molecule has 1 N–H and O–H groups in total. The fourth-order valence-corrected chi connectivity index (χ4v) is 3.53. The number of halogens is 3. The number of nitrogens with one attached hydrogen (secondary N) is 1. The molecule has 6 nitrogen and oxygen atoms in total. The van der Waals surface area contributed by atoms with Gasteiger partial charge in [0.05, 0.1) is 7.11 Å². The summed E-state index contributed by atoms with van der Waals surface area (Å²) < 4.78 is 34.8. The van der Waals surface area contributed by atoms with E-state index in [2.05, 4.69) is 49.1 Å². The lowest BCUT2D eigenvalue weighted by atomic mass is 10.1. The van der Waals surface area contributed by atoms with Gasteiger partial charge in [-0.15, -0.1) is 24.0 Å². The van der Waals surface area contributed by atoms with Gasteiger partial charge < -0.3 is 24.6 Å². The lowest BCUT2D eigenvalue weighted by molar-refractivity contribution is -0.0512. The molecule has 0 atom stereocenters. The molecular formula is C22H29F2IN4O2. The van der Waals surface area contributed by atoms with Crippen LogP contribution in [0.4, 0.5) is 14.5 Å². The number of aliphatic imine (C=N–C) groups is 1. The van der Waals surface area contributed by atoms with Crippen LogP contribution in [0.5, 0.6) is 11.5 Å². The summed E-state index contributed by atoms with van der Waals surface area (Å²) in [5, 5.41) is 3.37. The number of ether oxygens (including phenoxy) is 2. The maximum Gasteiger partial charge on any atom is 0.387 e. The first kappa shape index (κ1) is 25.0. The van der Waals surface area contributed by atoms with Crippen LogP contribution < -0.4 is 19.7 Å². The van der Waals surface area contributed by atoms with E-state index in [1.165, 1.54) is 12.8 Å². The molecule has 0 unspecified atom stereocenters. The zero-order valence-corrected chi connectivity index (χ0v) is 20.1. The van der Waals surface area contributed by atoms with Crippen LogP contribution in [0.1, 0.15) is 5.56 Å². The topological polar surface area (TPSA) is 49.3 Å². The monoisotopic (exact) mass is 546 g/mol. The number of rotatable bonds is 7. The summed E-state index contributed by atoms with van der Waals surface area (Å²) in [6.45, 7) is 1.36. The Morgan fingerprint density at radius 3 is 2.39 bits per heavy atom. The normalized spacial score (nSPS) is 14.3. The fourth-order valence-electron chi connectivity index (χ4n) is 3.53. The van der Waals surface area contributed by atoms with Crippen LogP contribution in [0.25, 0.3) is 0 Å². The lowest BCUT2D eigenvalue weighted by Gasteiger charge is -2.37. The molecule has 170 valence electrons. The first-order valence-electron chi connectivity index (χ1n) is 9.98. The molecule has 0 amide bonds. The minimum absolute atomic E-state index is 0. The molecule has 0 bridgehead atoms. The van der Waals surface area contributed by atoms with Crippen LogP contribution in [0.3, 0.4) is 0 Å². The number of nitrogens with zero attached hydrogens (tertiary/aromatic N) is 3. The highest BCUT2D eigenvalue weighted by Gasteiger charge is 2.19. The molecule has 9 heteroatoms. The molecule has 1 aliphatic heterocycles. The van der Waals surface area contributed by atoms with Gasteiger partial charge in [0, 0.05) is 45.5 Å². The molecule has 2 aromatic carbocycles. The third-order valence-electron chi connectivity index (χ3n) is 5.05. The quantitative estimate of drug-likeness (QED) is 0.325. The summed E-state index contributed by atoms with van der Waals surface area (Å²) in [4.78, 5) is 9.00. The standard InChI is InChI=1S/C22H28F2N4O2.HI/c1-25-22(28-14-12-27(13-15-28)18-6-4-3-5-7-18)26-11-10-17-8-9-19(29-2)20(16-17)30-21(23)24;/h3-9,16,21H,10-15H2,1-2H3,(H,25,26);1H. The molecule has 3 rings (SSSR count). The molecule has 31 heavy (non-hydrogen) atoms. The first-order chi connectivity index (χ1) is 14.6. The second-order valence-corrected chi connectivity index (χ2v) is 6.90. The van der Waals surface area contributed by atoms with Crippen LogP contribution in [-0.4, -0.2) is 64.4 Å². The Bertz CT molecular complexity index is 832. The third-order valence-corrected chi connectivity index (χ3v) is 5.05. The van der Waals surface area contributed by atoms with Gasteiger partial charge in [0.25, 0.3) is 0 Å². The van der Waals surface area contributed by atoms with Crippen molar-refractivity contribution in [1.82, 2.24) is 10.2 Å².